The number of aryl methyl sites for hydroxylation is 1. The first kappa shape index (κ1) is 12.8. The fraction of sp³-hybridized carbons (Fsp3) is 0.250. The van der Waals surface area contributed by atoms with Crippen molar-refractivity contribution in [3.8, 4) is 5.82 Å². The number of hydrogen-bond acceptors (Lipinski definition) is 4. The molecule has 0 aliphatic carbocycles. The predicted molar refractivity (Wildman–Crippen MR) is 70.2 cm³/mol. The number of aromatic nitrogens is 3. The normalized spacial score (nSPS) is 10.3. The molecule has 0 spiro atoms. The Labute approximate surface area is 113 Å². The largest absolute Gasteiger partial charge is 0.464 e. The van der Waals surface area contributed by atoms with Gasteiger partial charge in [0.15, 0.2) is 11.5 Å². The second-order valence-corrected chi connectivity index (χ2v) is 4.34. The highest BCUT2D eigenvalue weighted by Crippen LogP contribution is 2.12. The Morgan fingerprint density at radius 2 is 2.33 bits per heavy atom. The molecular formula is C12H12BrN3O2. The van der Waals surface area contributed by atoms with Crippen LogP contribution in [0.4, 0.5) is 0 Å². The minimum atomic E-state index is -0.422. The summed E-state index contributed by atoms with van der Waals surface area (Å²) < 4.78 is 6.25. The van der Waals surface area contributed by atoms with E-state index in [1.54, 1.807) is 18.3 Å². The zero-order valence-corrected chi connectivity index (χ0v) is 11.4. The summed E-state index contributed by atoms with van der Waals surface area (Å²) in [7, 11) is 1.35. The Morgan fingerprint density at radius 3 is 2.94 bits per heavy atom. The standard InChI is InChI=1S/C12H12BrN3O2/c1-18-12(17)10-8-9(5-6-13)15-16(10)11-4-2-3-7-14-11/h2-4,7-8H,5-6H2,1H3. The molecule has 2 aromatic heterocycles. The van der Waals surface area contributed by atoms with Gasteiger partial charge in [0, 0.05) is 17.9 Å². The van der Waals surface area contributed by atoms with Crippen molar-refractivity contribution in [3.05, 3.63) is 41.9 Å². The molecule has 0 aromatic carbocycles. The van der Waals surface area contributed by atoms with Gasteiger partial charge in [0.1, 0.15) is 0 Å². The number of nitrogens with zero attached hydrogens (tertiary/aromatic N) is 3. The fourth-order valence-corrected chi connectivity index (χ4v) is 1.96. The van der Waals surface area contributed by atoms with Gasteiger partial charge in [0.2, 0.25) is 0 Å². The predicted octanol–water partition coefficient (Wildman–Crippen LogP) is 1.99. The molecule has 18 heavy (non-hydrogen) atoms. The highest BCUT2D eigenvalue weighted by atomic mass is 79.9. The van der Waals surface area contributed by atoms with Crippen LogP contribution >= 0.6 is 15.9 Å². The molecule has 0 atom stereocenters. The van der Waals surface area contributed by atoms with E-state index in [9.17, 15) is 4.79 Å². The van der Waals surface area contributed by atoms with Crippen LogP contribution in [0.15, 0.2) is 30.5 Å². The maximum Gasteiger partial charge on any atom is 0.356 e. The Kier molecular flexibility index (Phi) is 4.09. The van der Waals surface area contributed by atoms with Crippen LogP contribution in [0.25, 0.3) is 5.82 Å². The van der Waals surface area contributed by atoms with Crippen molar-refractivity contribution in [2.45, 2.75) is 6.42 Å². The Hall–Kier alpha value is -1.69. The van der Waals surface area contributed by atoms with E-state index in [-0.39, 0.29) is 0 Å². The molecule has 0 aliphatic rings. The second kappa shape index (κ2) is 5.77. The lowest BCUT2D eigenvalue weighted by atomic mass is 10.3. The molecule has 2 rings (SSSR count). The van der Waals surface area contributed by atoms with E-state index in [0.29, 0.717) is 11.5 Å². The fourth-order valence-electron chi connectivity index (χ4n) is 1.55. The van der Waals surface area contributed by atoms with Crippen molar-refractivity contribution in [1.82, 2.24) is 14.8 Å². The molecular weight excluding hydrogens is 298 g/mol. The molecule has 0 unspecified atom stereocenters. The maximum absolute atomic E-state index is 11.7. The van der Waals surface area contributed by atoms with E-state index in [4.69, 9.17) is 4.74 Å². The SMILES string of the molecule is COC(=O)c1cc(CCBr)nn1-c1ccccn1. The van der Waals surface area contributed by atoms with Gasteiger partial charge in [-0.25, -0.2) is 14.5 Å². The summed E-state index contributed by atoms with van der Waals surface area (Å²) in [5.74, 6) is 0.174. The van der Waals surface area contributed by atoms with Gasteiger partial charge >= 0.3 is 5.97 Å². The van der Waals surface area contributed by atoms with Crippen molar-refractivity contribution >= 4 is 21.9 Å². The third-order valence-corrected chi connectivity index (χ3v) is 2.77. The lowest BCUT2D eigenvalue weighted by Gasteiger charge is -2.03. The van der Waals surface area contributed by atoms with Crippen LogP contribution in [0.3, 0.4) is 0 Å². The number of esters is 1. The van der Waals surface area contributed by atoms with Gasteiger partial charge in [-0.3, -0.25) is 0 Å². The number of methoxy groups -OCH3 is 1. The van der Waals surface area contributed by atoms with Gasteiger partial charge in [0.05, 0.1) is 12.8 Å². The quantitative estimate of drug-likeness (QED) is 0.640. The Balaban J connectivity index is 2.47. The number of rotatable bonds is 4. The monoisotopic (exact) mass is 309 g/mol. The second-order valence-electron chi connectivity index (χ2n) is 3.55. The summed E-state index contributed by atoms with van der Waals surface area (Å²) in [5, 5.41) is 5.15. The minimum Gasteiger partial charge on any atom is -0.464 e. The number of carbonyl (C=O) groups is 1. The molecule has 0 N–H and O–H groups in total. The van der Waals surface area contributed by atoms with Crippen molar-refractivity contribution in [2.75, 3.05) is 12.4 Å². The number of ether oxygens (including phenoxy) is 1. The van der Waals surface area contributed by atoms with Gasteiger partial charge in [-0.15, -0.1) is 0 Å². The molecule has 6 heteroatoms. The summed E-state index contributed by atoms with van der Waals surface area (Å²) in [6, 6.07) is 7.17. The molecule has 0 saturated carbocycles. The minimum absolute atomic E-state index is 0.382. The highest BCUT2D eigenvalue weighted by Gasteiger charge is 2.17. The lowest BCUT2D eigenvalue weighted by molar-refractivity contribution is 0.0590. The molecule has 0 fully saturated rings. The van der Waals surface area contributed by atoms with Crippen molar-refractivity contribution < 1.29 is 9.53 Å². The Bertz CT molecular complexity index is 540. The first-order chi connectivity index (χ1) is 8.76. The van der Waals surface area contributed by atoms with E-state index in [0.717, 1.165) is 17.4 Å². The molecule has 94 valence electrons. The number of halogens is 1. The van der Waals surface area contributed by atoms with E-state index >= 15 is 0 Å². The van der Waals surface area contributed by atoms with Crippen LogP contribution in [-0.2, 0) is 11.2 Å². The van der Waals surface area contributed by atoms with Crippen LogP contribution in [-0.4, -0.2) is 33.2 Å². The first-order valence-corrected chi connectivity index (χ1v) is 6.53. The molecule has 5 nitrogen and oxygen atoms in total. The van der Waals surface area contributed by atoms with Crippen molar-refractivity contribution in [1.29, 1.82) is 0 Å². The summed E-state index contributed by atoms with van der Waals surface area (Å²) >= 11 is 3.35. The van der Waals surface area contributed by atoms with Crippen LogP contribution in [0.1, 0.15) is 16.2 Å². The Morgan fingerprint density at radius 1 is 1.50 bits per heavy atom. The van der Waals surface area contributed by atoms with Crippen LogP contribution in [0, 0.1) is 0 Å². The van der Waals surface area contributed by atoms with E-state index < -0.39 is 5.97 Å². The number of pyridine rings is 1. The van der Waals surface area contributed by atoms with Crippen LogP contribution in [0.5, 0.6) is 0 Å². The summed E-state index contributed by atoms with van der Waals surface area (Å²) in [6.07, 6.45) is 2.39. The zero-order valence-electron chi connectivity index (χ0n) is 9.84. The molecule has 0 radical (unpaired) electrons. The molecule has 0 saturated heterocycles. The van der Waals surface area contributed by atoms with E-state index in [2.05, 4.69) is 26.0 Å². The average molecular weight is 310 g/mol. The van der Waals surface area contributed by atoms with Gasteiger partial charge < -0.3 is 4.74 Å². The molecule has 0 aliphatic heterocycles. The van der Waals surface area contributed by atoms with Gasteiger partial charge in [0.25, 0.3) is 0 Å². The summed E-state index contributed by atoms with van der Waals surface area (Å²) in [6.45, 7) is 0. The first-order valence-electron chi connectivity index (χ1n) is 5.41. The van der Waals surface area contributed by atoms with Gasteiger partial charge in [-0.2, -0.15) is 5.10 Å². The van der Waals surface area contributed by atoms with E-state index in [1.165, 1.54) is 11.8 Å². The third-order valence-electron chi connectivity index (χ3n) is 2.37. The molecule has 0 bridgehead atoms. The number of carbonyl (C=O) groups excluding carboxylic acids is 1. The average Bonchev–Trinajstić information content (AvgIpc) is 2.83. The molecule has 2 heterocycles. The topological polar surface area (TPSA) is 57.0 Å². The van der Waals surface area contributed by atoms with Crippen LogP contribution < -0.4 is 0 Å². The van der Waals surface area contributed by atoms with Crippen molar-refractivity contribution in [3.63, 3.8) is 0 Å². The maximum atomic E-state index is 11.7. The number of alkyl halides is 1. The third kappa shape index (κ3) is 2.59. The summed E-state index contributed by atoms with van der Waals surface area (Å²) in [5.41, 5.74) is 1.20. The number of hydrogen-bond donors (Lipinski definition) is 0. The molecule has 0 amide bonds. The van der Waals surface area contributed by atoms with Gasteiger partial charge in [-0.05, 0) is 18.2 Å². The zero-order chi connectivity index (χ0) is 13.0. The lowest BCUT2D eigenvalue weighted by Crippen LogP contribution is -2.11. The summed E-state index contributed by atoms with van der Waals surface area (Å²) in [4.78, 5) is 15.9. The van der Waals surface area contributed by atoms with Crippen LogP contribution in [0.2, 0.25) is 0 Å². The van der Waals surface area contributed by atoms with E-state index in [1.807, 2.05) is 12.1 Å². The van der Waals surface area contributed by atoms with Gasteiger partial charge in [-0.1, -0.05) is 22.0 Å². The van der Waals surface area contributed by atoms with Crippen molar-refractivity contribution in [2.24, 2.45) is 0 Å². The highest BCUT2D eigenvalue weighted by molar-refractivity contribution is 9.09. The molecule has 2 aromatic rings. The smallest absolute Gasteiger partial charge is 0.356 e.